The predicted molar refractivity (Wildman–Crippen MR) is 114 cm³/mol. The Bertz CT molecular complexity index is 956. The van der Waals surface area contributed by atoms with Crippen LogP contribution in [0.1, 0.15) is 29.5 Å². The summed E-state index contributed by atoms with van der Waals surface area (Å²) in [6.07, 6.45) is 3.49. The number of carbonyl (C=O) groups is 1. The SMILES string of the molecule is COc1cc(/C=C(\C#N)C(=O)NC[C@H]2CCCO2)ccc1OCc1cccc(C)c1. The third-order valence-electron chi connectivity index (χ3n) is 4.85. The molecule has 1 N–H and O–H groups in total. The number of hydrogen-bond acceptors (Lipinski definition) is 5. The van der Waals surface area contributed by atoms with Crippen LogP contribution in [-0.2, 0) is 16.1 Å². The van der Waals surface area contributed by atoms with Crippen molar-refractivity contribution in [3.63, 3.8) is 0 Å². The van der Waals surface area contributed by atoms with Gasteiger partial charge in [-0.3, -0.25) is 4.79 Å². The van der Waals surface area contributed by atoms with E-state index >= 15 is 0 Å². The third kappa shape index (κ3) is 5.85. The van der Waals surface area contributed by atoms with Gasteiger partial charge in [-0.25, -0.2) is 0 Å². The van der Waals surface area contributed by atoms with Crippen LogP contribution in [0.3, 0.4) is 0 Å². The van der Waals surface area contributed by atoms with Gasteiger partial charge in [0.15, 0.2) is 11.5 Å². The molecule has 1 heterocycles. The lowest BCUT2D eigenvalue weighted by atomic mass is 10.1. The number of hydrogen-bond donors (Lipinski definition) is 1. The van der Waals surface area contributed by atoms with Crippen molar-refractivity contribution in [1.29, 1.82) is 5.26 Å². The first-order chi connectivity index (χ1) is 14.6. The molecule has 1 aliphatic rings. The van der Waals surface area contributed by atoms with Gasteiger partial charge in [0.25, 0.3) is 5.91 Å². The molecule has 6 nitrogen and oxygen atoms in total. The number of nitriles is 1. The molecule has 0 radical (unpaired) electrons. The molecule has 0 aliphatic carbocycles. The quantitative estimate of drug-likeness (QED) is 0.533. The predicted octanol–water partition coefficient (Wildman–Crippen LogP) is 3.78. The minimum atomic E-state index is -0.410. The van der Waals surface area contributed by atoms with Crippen molar-refractivity contribution in [3.05, 3.63) is 64.7 Å². The minimum Gasteiger partial charge on any atom is -0.493 e. The van der Waals surface area contributed by atoms with Gasteiger partial charge >= 0.3 is 0 Å². The molecule has 2 aromatic carbocycles. The summed E-state index contributed by atoms with van der Waals surface area (Å²) in [4.78, 5) is 12.3. The number of rotatable bonds is 8. The van der Waals surface area contributed by atoms with Crippen LogP contribution < -0.4 is 14.8 Å². The van der Waals surface area contributed by atoms with E-state index in [9.17, 15) is 10.1 Å². The topological polar surface area (TPSA) is 80.6 Å². The van der Waals surface area contributed by atoms with Gasteiger partial charge in [-0.15, -0.1) is 0 Å². The summed E-state index contributed by atoms with van der Waals surface area (Å²) < 4.78 is 16.8. The van der Waals surface area contributed by atoms with Gasteiger partial charge in [-0.1, -0.05) is 35.9 Å². The van der Waals surface area contributed by atoms with Crippen LogP contribution in [0.2, 0.25) is 0 Å². The Hall–Kier alpha value is -3.30. The molecule has 2 aromatic rings. The Morgan fingerprint density at radius 3 is 2.87 bits per heavy atom. The van der Waals surface area contributed by atoms with Crippen molar-refractivity contribution in [1.82, 2.24) is 5.32 Å². The second kappa shape index (κ2) is 10.5. The van der Waals surface area contributed by atoms with E-state index in [2.05, 4.69) is 11.4 Å². The smallest absolute Gasteiger partial charge is 0.262 e. The number of benzene rings is 2. The normalized spacial score (nSPS) is 16.0. The highest BCUT2D eigenvalue weighted by atomic mass is 16.5. The monoisotopic (exact) mass is 406 g/mol. The Kier molecular flexibility index (Phi) is 7.47. The summed E-state index contributed by atoms with van der Waals surface area (Å²) in [5, 5.41) is 12.2. The second-order valence-electron chi connectivity index (χ2n) is 7.20. The zero-order valence-corrected chi connectivity index (χ0v) is 17.3. The summed E-state index contributed by atoms with van der Waals surface area (Å²) in [6.45, 7) is 3.59. The number of nitrogens with zero attached hydrogens (tertiary/aromatic N) is 1. The van der Waals surface area contributed by atoms with Gasteiger partial charge in [0.05, 0.1) is 13.2 Å². The van der Waals surface area contributed by atoms with Crippen molar-refractivity contribution in [2.45, 2.75) is 32.5 Å². The van der Waals surface area contributed by atoms with Crippen LogP contribution >= 0.6 is 0 Å². The van der Waals surface area contributed by atoms with Crippen molar-refractivity contribution in [3.8, 4) is 17.6 Å². The molecule has 6 heteroatoms. The number of aryl methyl sites for hydroxylation is 1. The standard InChI is InChI=1S/C24H26N2O4/c1-17-5-3-6-19(11-17)16-30-22-9-8-18(13-23(22)28-2)12-20(14-25)24(27)26-15-21-7-4-10-29-21/h3,5-6,8-9,11-13,21H,4,7,10,15-16H2,1-2H3,(H,26,27)/b20-12+/t21-/m1/s1. The maximum Gasteiger partial charge on any atom is 0.262 e. The third-order valence-corrected chi connectivity index (χ3v) is 4.85. The van der Waals surface area contributed by atoms with Crippen LogP contribution in [0.15, 0.2) is 48.0 Å². The van der Waals surface area contributed by atoms with Crippen molar-refractivity contribution in [2.24, 2.45) is 0 Å². The molecule has 1 saturated heterocycles. The molecule has 0 aromatic heterocycles. The summed E-state index contributed by atoms with van der Waals surface area (Å²) >= 11 is 0. The molecule has 30 heavy (non-hydrogen) atoms. The molecule has 0 bridgehead atoms. The van der Waals surface area contributed by atoms with Gasteiger partial charge in [-0.05, 0) is 49.1 Å². The summed E-state index contributed by atoms with van der Waals surface area (Å²) in [6, 6.07) is 15.4. The molecular weight excluding hydrogens is 380 g/mol. The molecule has 1 aliphatic heterocycles. The average molecular weight is 406 g/mol. The number of carbonyl (C=O) groups excluding carboxylic acids is 1. The lowest BCUT2D eigenvalue weighted by Crippen LogP contribution is -2.32. The van der Waals surface area contributed by atoms with Crippen LogP contribution in [0.4, 0.5) is 0 Å². The summed E-state index contributed by atoms with van der Waals surface area (Å²) in [5.41, 5.74) is 2.95. The molecule has 156 valence electrons. The molecule has 1 fully saturated rings. The molecule has 1 atom stereocenters. The fourth-order valence-corrected chi connectivity index (χ4v) is 3.28. The van der Waals surface area contributed by atoms with E-state index in [0.29, 0.717) is 30.2 Å². The number of nitrogens with one attached hydrogen (secondary N) is 1. The van der Waals surface area contributed by atoms with Crippen LogP contribution in [0.5, 0.6) is 11.5 Å². The Balaban J connectivity index is 1.67. The lowest BCUT2D eigenvalue weighted by molar-refractivity contribution is -0.117. The van der Waals surface area contributed by atoms with E-state index in [4.69, 9.17) is 14.2 Å². The van der Waals surface area contributed by atoms with E-state index in [0.717, 1.165) is 25.0 Å². The minimum absolute atomic E-state index is 0.0267. The highest BCUT2D eigenvalue weighted by molar-refractivity contribution is 6.01. The highest BCUT2D eigenvalue weighted by Gasteiger charge is 2.17. The largest absolute Gasteiger partial charge is 0.493 e. The molecule has 0 saturated carbocycles. The highest BCUT2D eigenvalue weighted by Crippen LogP contribution is 2.29. The Morgan fingerprint density at radius 2 is 2.17 bits per heavy atom. The number of ether oxygens (including phenoxy) is 3. The summed E-state index contributed by atoms with van der Waals surface area (Å²) in [7, 11) is 1.56. The molecular formula is C24H26N2O4. The van der Waals surface area contributed by atoms with Gasteiger partial charge in [0.2, 0.25) is 0 Å². The van der Waals surface area contributed by atoms with Gasteiger partial charge < -0.3 is 19.5 Å². The van der Waals surface area contributed by atoms with E-state index in [1.807, 2.05) is 31.2 Å². The van der Waals surface area contributed by atoms with Crippen molar-refractivity contribution < 1.29 is 19.0 Å². The molecule has 0 unspecified atom stereocenters. The first-order valence-corrected chi connectivity index (χ1v) is 9.97. The van der Waals surface area contributed by atoms with Crippen LogP contribution in [-0.4, -0.2) is 32.3 Å². The van der Waals surface area contributed by atoms with E-state index < -0.39 is 5.91 Å². The van der Waals surface area contributed by atoms with E-state index in [1.54, 1.807) is 25.3 Å². The Labute approximate surface area is 177 Å². The van der Waals surface area contributed by atoms with Gasteiger partial charge in [0.1, 0.15) is 18.2 Å². The fraction of sp³-hybridized carbons (Fsp3) is 0.333. The lowest BCUT2D eigenvalue weighted by Gasteiger charge is -2.12. The first-order valence-electron chi connectivity index (χ1n) is 9.97. The van der Waals surface area contributed by atoms with Gasteiger partial charge in [-0.2, -0.15) is 5.26 Å². The summed E-state index contributed by atoms with van der Waals surface area (Å²) in [5.74, 6) is 0.720. The fourth-order valence-electron chi connectivity index (χ4n) is 3.28. The van der Waals surface area contributed by atoms with Crippen molar-refractivity contribution in [2.75, 3.05) is 20.3 Å². The number of amides is 1. The molecule has 1 amide bonds. The maximum absolute atomic E-state index is 12.3. The molecule has 3 rings (SSSR count). The van der Waals surface area contributed by atoms with Crippen molar-refractivity contribution >= 4 is 12.0 Å². The van der Waals surface area contributed by atoms with E-state index in [1.165, 1.54) is 11.6 Å². The zero-order chi connectivity index (χ0) is 21.3. The molecule has 0 spiro atoms. The van der Waals surface area contributed by atoms with Crippen LogP contribution in [0.25, 0.3) is 6.08 Å². The first kappa shape index (κ1) is 21.4. The second-order valence-corrected chi connectivity index (χ2v) is 7.20. The van der Waals surface area contributed by atoms with E-state index in [-0.39, 0.29) is 11.7 Å². The Morgan fingerprint density at radius 1 is 1.30 bits per heavy atom. The maximum atomic E-state index is 12.3. The average Bonchev–Trinajstić information content (AvgIpc) is 3.28. The number of methoxy groups -OCH3 is 1. The van der Waals surface area contributed by atoms with Gasteiger partial charge in [0, 0.05) is 13.2 Å². The van der Waals surface area contributed by atoms with Crippen LogP contribution in [0, 0.1) is 18.3 Å². The zero-order valence-electron chi connectivity index (χ0n) is 17.3.